The van der Waals surface area contributed by atoms with Gasteiger partial charge in [0.25, 0.3) is 5.95 Å². The number of hydrogen-bond donors (Lipinski definition) is 1. The molecule has 5 heteroatoms. The lowest BCUT2D eigenvalue weighted by molar-refractivity contribution is 0.318. The normalized spacial score (nSPS) is 22.4. The van der Waals surface area contributed by atoms with Crippen LogP contribution in [-0.2, 0) is 6.42 Å². The summed E-state index contributed by atoms with van der Waals surface area (Å²) >= 11 is 0. The van der Waals surface area contributed by atoms with E-state index >= 15 is 0 Å². The summed E-state index contributed by atoms with van der Waals surface area (Å²) in [6, 6.07) is 0.477. The molecule has 1 saturated heterocycles. The van der Waals surface area contributed by atoms with Crippen LogP contribution in [-0.4, -0.2) is 36.3 Å². The average Bonchev–Trinajstić information content (AvgIpc) is 3.12. The summed E-state index contributed by atoms with van der Waals surface area (Å²) in [4.78, 5) is 6.92. The van der Waals surface area contributed by atoms with E-state index in [1.807, 2.05) is 0 Å². The second-order valence-electron chi connectivity index (χ2n) is 6.53. The third-order valence-corrected chi connectivity index (χ3v) is 5.08. The van der Waals surface area contributed by atoms with Gasteiger partial charge in [-0.05, 0) is 43.8 Å². The van der Waals surface area contributed by atoms with E-state index in [4.69, 9.17) is 4.52 Å². The van der Waals surface area contributed by atoms with Gasteiger partial charge in [-0.2, -0.15) is 4.98 Å². The maximum atomic E-state index is 5.51. The Labute approximate surface area is 127 Å². The molecule has 0 radical (unpaired) electrons. The first-order chi connectivity index (χ1) is 10.4. The highest BCUT2D eigenvalue weighted by Gasteiger charge is 2.26. The molecule has 2 aliphatic rings. The molecule has 1 saturated carbocycles. The highest BCUT2D eigenvalue weighted by molar-refractivity contribution is 5.27. The fourth-order valence-corrected chi connectivity index (χ4v) is 3.78. The highest BCUT2D eigenvalue weighted by Crippen LogP contribution is 2.29. The van der Waals surface area contributed by atoms with Crippen LogP contribution in [0.15, 0.2) is 4.52 Å². The molecule has 5 nitrogen and oxygen atoms in total. The Morgan fingerprint density at radius 3 is 2.52 bits per heavy atom. The summed E-state index contributed by atoms with van der Waals surface area (Å²) in [6.07, 6.45) is 11.4. The van der Waals surface area contributed by atoms with Gasteiger partial charge in [0.1, 0.15) is 0 Å². The lowest BCUT2D eigenvalue weighted by atomic mass is 9.95. The summed E-state index contributed by atoms with van der Waals surface area (Å²) in [7, 11) is 2.05. The van der Waals surface area contributed by atoms with Crippen molar-refractivity contribution in [1.29, 1.82) is 0 Å². The van der Waals surface area contributed by atoms with Crippen molar-refractivity contribution in [3.63, 3.8) is 0 Å². The Morgan fingerprint density at radius 1 is 1.14 bits per heavy atom. The minimum atomic E-state index is 0.477. The summed E-state index contributed by atoms with van der Waals surface area (Å²) in [5.41, 5.74) is 0. The first kappa shape index (κ1) is 14.8. The van der Waals surface area contributed by atoms with Crippen LogP contribution < -0.4 is 10.2 Å². The van der Waals surface area contributed by atoms with Crippen molar-refractivity contribution in [2.45, 2.75) is 63.8 Å². The second-order valence-corrected chi connectivity index (χ2v) is 6.53. The molecule has 3 rings (SSSR count). The molecule has 21 heavy (non-hydrogen) atoms. The fraction of sp³-hybridized carbons (Fsp3) is 0.875. The van der Waals surface area contributed by atoms with Crippen LogP contribution in [0.1, 0.15) is 57.3 Å². The van der Waals surface area contributed by atoms with Crippen LogP contribution in [0.2, 0.25) is 0 Å². The quantitative estimate of drug-likeness (QED) is 0.904. The highest BCUT2D eigenvalue weighted by atomic mass is 16.5. The Balaban J connectivity index is 1.60. The van der Waals surface area contributed by atoms with Gasteiger partial charge in [-0.3, -0.25) is 0 Å². The van der Waals surface area contributed by atoms with E-state index in [1.54, 1.807) is 0 Å². The predicted molar refractivity (Wildman–Crippen MR) is 83.5 cm³/mol. The predicted octanol–water partition coefficient (Wildman–Crippen LogP) is 2.77. The van der Waals surface area contributed by atoms with Gasteiger partial charge in [0.2, 0.25) is 5.89 Å². The van der Waals surface area contributed by atoms with E-state index < -0.39 is 0 Å². The van der Waals surface area contributed by atoms with Crippen molar-refractivity contribution in [1.82, 2.24) is 15.5 Å². The Hall–Kier alpha value is -1.10. The molecular formula is C16H28N4O. The third kappa shape index (κ3) is 3.76. The molecule has 118 valence electrons. The molecule has 0 amide bonds. The molecule has 1 aliphatic carbocycles. The van der Waals surface area contributed by atoms with Gasteiger partial charge in [-0.15, -0.1) is 0 Å². The standard InChI is InChI=1S/C16H28N4O/c1-17-14(13-8-4-5-9-13)12-15-18-16(19-21-15)20-10-6-2-3-7-11-20/h13-14,17H,2-12H2,1H3. The maximum Gasteiger partial charge on any atom is 0.266 e. The Morgan fingerprint density at radius 2 is 1.86 bits per heavy atom. The first-order valence-electron chi connectivity index (χ1n) is 8.61. The van der Waals surface area contributed by atoms with Crippen molar-refractivity contribution in [3.05, 3.63) is 5.89 Å². The number of aromatic nitrogens is 2. The zero-order chi connectivity index (χ0) is 14.5. The van der Waals surface area contributed by atoms with Crippen molar-refractivity contribution in [2.75, 3.05) is 25.0 Å². The number of likely N-dealkylation sites (N-methyl/N-ethyl adjacent to an activating group) is 1. The molecule has 1 atom stereocenters. The van der Waals surface area contributed by atoms with Gasteiger partial charge >= 0.3 is 0 Å². The molecule has 2 heterocycles. The largest absolute Gasteiger partial charge is 0.338 e. The molecular weight excluding hydrogens is 264 g/mol. The van der Waals surface area contributed by atoms with E-state index in [9.17, 15) is 0 Å². The van der Waals surface area contributed by atoms with Crippen molar-refractivity contribution in [3.8, 4) is 0 Å². The smallest absolute Gasteiger partial charge is 0.266 e. The lowest BCUT2D eigenvalue weighted by Gasteiger charge is -2.21. The first-order valence-corrected chi connectivity index (χ1v) is 8.61. The molecule has 0 bridgehead atoms. The average molecular weight is 292 g/mol. The molecule has 2 fully saturated rings. The van der Waals surface area contributed by atoms with Crippen LogP contribution in [0.3, 0.4) is 0 Å². The van der Waals surface area contributed by atoms with Crippen LogP contribution in [0.25, 0.3) is 0 Å². The van der Waals surface area contributed by atoms with E-state index in [0.717, 1.165) is 37.3 Å². The minimum Gasteiger partial charge on any atom is -0.338 e. The van der Waals surface area contributed by atoms with Crippen molar-refractivity contribution < 1.29 is 4.52 Å². The molecule has 0 spiro atoms. The fourth-order valence-electron chi connectivity index (χ4n) is 3.78. The van der Waals surface area contributed by atoms with Crippen LogP contribution in [0.5, 0.6) is 0 Å². The monoisotopic (exact) mass is 292 g/mol. The SMILES string of the molecule is CNC(Cc1nc(N2CCCCCC2)no1)C1CCCC1. The van der Waals surface area contributed by atoms with Gasteiger partial charge in [-0.1, -0.05) is 25.7 Å². The van der Waals surface area contributed by atoms with Crippen molar-refractivity contribution in [2.24, 2.45) is 5.92 Å². The Kier molecular flexibility index (Phi) is 5.12. The third-order valence-electron chi connectivity index (χ3n) is 5.08. The number of hydrogen-bond acceptors (Lipinski definition) is 5. The molecule has 1 N–H and O–H groups in total. The van der Waals surface area contributed by atoms with E-state index in [-0.39, 0.29) is 0 Å². The van der Waals surface area contributed by atoms with Crippen LogP contribution in [0, 0.1) is 5.92 Å². The Bertz CT molecular complexity index is 420. The number of nitrogens with one attached hydrogen (secondary N) is 1. The maximum absolute atomic E-state index is 5.51. The molecule has 0 aromatic carbocycles. The lowest BCUT2D eigenvalue weighted by Crippen LogP contribution is -2.34. The summed E-state index contributed by atoms with van der Waals surface area (Å²) in [5.74, 6) is 2.36. The molecule has 1 aromatic heterocycles. The topological polar surface area (TPSA) is 54.2 Å². The van der Waals surface area contributed by atoms with Gasteiger partial charge in [0.15, 0.2) is 0 Å². The molecule has 1 aliphatic heterocycles. The second kappa shape index (κ2) is 7.25. The van der Waals surface area contributed by atoms with Gasteiger partial charge in [0, 0.05) is 25.6 Å². The molecule has 1 unspecified atom stereocenters. The zero-order valence-electron chi connectivity index (χ0n) is 13.2. The summed E-state index contributed by atoms with van der Waals surface area (Å²) in [6.45, 7) is 2.13. The molecule has 1 aromatic rings. The van der Waals surface area contributed by atoms with E-state index in [2.05, 4.69) is 27.4 Å². The van der Waals surface area contributed by atoms with Gasteiger partial charge < -0.3 is 14.7 Å². The number of rotatable bonds is 5. The van der Waals surface area contributed by atoms with Crippen molar-refractivity contribution >= 4 is 5.95 Å². The van der Waals surface area contributed by atoms with Crippen LogP contribution >= 0.6 is 0 Å². The summed E-state index contributed by atoms with van der Waals surface area (Å²) in [5, 5.41) is 7.66. The van der Waals surface area contributed by atoms with E-state index in [1.165, 1.54) is 51.4 Å². The van der Waals surface area contributed by atoms with Crippen LogP contribution in [0.4, 0.5) is 5.95 Å². The summed E-state index contributed by atoms with van der Waals surface area (Å²) < 4.78 is 5.51. The van der Waals surface area contributed by atoms with E-state index in [0.29, 0.717) is 6.04 Å². The number of anilines is 1. The number of nitrogens with zero attached hydrogens (tertiary/aromatic N) is 3. The van der Waals surface area contributed by atoms with Gasteiger partial charge in [0.05, 0.1) is 0 Å². The van der Waals surface area contributed by atoms with Gasteiger partial charge in [-0.25, -0.2) is 0 Å². The zero-order valence-corrected chi connectivity index (χ0v) is 13.2. The minimum absolute atomic E-state index is 0.477.